The van der Waals surface area contributed by atoms with E-state index in [1.807, 2.05) is 13.8 Å². The molecule has 1 atom stereocenters. The third-order valence-corrected chi connectivity index (χ3v) is 1.62. The van der Waals surface area contributed by atoms with Gasteiger partial charge < -0.3 is 9.47 Å². The van der Waals surface area contributed by atoms with Gasteiger partial charge in [0.15, 0.2) is 6.67 Å². The van der Waals surface area contributed by atoms with Crippen LogP contribution in [0, 0.1) is 0 Å². The van der Waals surface area contributed by atoms with E-state index in [4.69, 9.17) is 9.47 Å². The molecule has 0 rings (SSSR count). The predicted molar refractivity (Wildman–Crippen MR) is 77.6 cm³/mol. The highest BCUT2D eigenvalue weighted by Gasteiger charge is 2.26. The number of hydrogen-bond donors (Lipinski definition) is 0. The van der Waals surface area contributed by atoms with Crippen LogP contribution < -0.4 is 0 Å². The molecule has 0 bridgehead atoms. The average molecular weight is 356 g/mol. The van der Waals surface area contributed by atoms with Crippen molar-refractivity contribution in [3.05, 3.63) is 12.7 Å². The van der Waals surface area contributed by atoms with Gasteiger partial charge in [-0.2, -0.15) is 13.2 Å². The monoisotopic (exact) mass is 356 g/mol. The summed E-state index contributed by atoms with van der Waals surface area (Å²) >= 11 is 0. The Balaban J connectivity index is -0.000000137. The summed E-state index contributed by atoms with van der Waals surface area (Å²) in [6.07, 6.45) is -2.29. The van der Waals surface area contributed by atoms with Crippen LogP contribution in [0.5, 0.6) is 0 Å². The van der Waals surface area contributed by atoms with Crippen molar-refractivity contribution in [1.29, 1.82) is 0 Å². The summed E-state index contributed by atoms with van der Waals surface area (Å²) in [6.45, 7) is 7.03. The molecule has 0 aliphatic rings. The minimum absolute atomic E-state index is 0.229. The van der Waals surface area contributed by atoms with Gasteiger partial charge in [-0.25, -0.2) is 9.18 Å². The van der Waals surface area contributed by atoms with E-state index >= 15 is 0 Å². The molecule has 0 saturated heterocycles. The summed E-state index contributed by atoms with van der Waals surface area (Å²) in [5.74, 6) is -0.400. The quantitative estimate of drug-likeness (QED) is 0.302. The Bertz CT molecular complexity index is 247. The fourth-order valence-corrected chi connectivity index (χ4v) is 0.568. The highest BCUT2D eigenvalue weighted by Crippen LogP contribution is 2.13. The van der Waals surface area contributed by atoms with Crippen molar-refractivity contribution in [3.8, 4) is 0 Å². The van der Waals surface area contributed by atoms with E-state index in [1.165, 1.54) is 6.92 Å². The highest BCUT2D eigenvalue weighted by atomic mass is 19.4. The number of alkyl halides is 6. The summed E-state index contributed by atoms with van der Waals surface area (Å²) in [5, 5.41) is 0. The summed E-state index contributed by atoms with van der Waals surface area (Å²) < 4.78 is 71.4. The molecule has 0 spiro atoms. The molecular weight excluding hydrogens is 330 g/mol. The summed E-state index contributed by atoms with van der Waals surface area (Å²) in [5.41, 5.74) is 0. The lowest BCUT2D eigenvalue weighted by molar-refractivity contribution is -0.142. The van der Waals surface area contributed by atoms with Gasteiger partial charge in [-0.1, -0.05) is 13.5 Å². The van der Waals surface area contributed by atoms with Gasteiger partial charge in [0.05, 0.1) is 26.6 Å². The Kier molecular flexibility index (Phi) is 29.8. The zero-order chi connectivity index (χ0) is 19.3. The minimum Gasteiger partial charge on any atom is -0.460 e. The number of rotatable bonds is 6. The van der Waals surface area contributed by atoms with Crippen molar-refractivity contribution in [1.82, 2.24) is 0 Å². The number of esters is 1. The molecule has 0 fully saturated rings. The number of carbonyl (C=O) groups excluding carboxylic acids is 1. The average Bonchev–Trinajstić information content (AvgIpc) is 2.53. The van der Waals surface area contributed by atoms with Gasteiger partial charge in [0.25, 0.3) is 0 Å². The Morgan fingerprint density at radius 2 is 1.57 bits per heavy atom. The van der Waals surface area contributed by atoms with Crippen LogP contribution >= 0.6 is 0 Å². The molecular formula is C14H26F6O3. The van der Waals surface area contributed by atoms with E-state index in [0.717, 1.165) is 12.5 Å². The molecule has 142 valence electrons. The summed E-state index contributed by atoms with van der Waals surface area (Å²) in [4.78, 5) is 10.5. The molecule has 1 unspecified atom stereocenters. The van der Waals surface area contributed by atoms with Crippen LogP contribution in [0.1, 0.15) is 27.2 Å². The van der Waals surface area contributed by atoms with Gasteiger partial charge in [0.1, 0.15) is 6.61 Å². The molecule has 0 N–H and O–H groups in total. The van der Waals surface area contributed by atoms with Gasteiger partial charge in [0, 0.05) is 6.08 Å². The maximum Gasteiger partial charge on any atom is 0.416 e. The van der Waals surface area contributed by atoms with E-state index in [9.17, 15) is 31.1 Å². The Morgan fingerprint density at radius 3 is 1.83 bits per heavy atom. The lowest BCUT2D eigenvalue weighted by atomic mass is 10.3. The minimum atomic E-state index is -4.62. The molecule has 0 radical (unpaired) electrons. The van der Waals surface area contributed by atoms with Crippen LogP contribution in [0.15, 0.2) is 12.7 Å². The van der Waals surface area contributed by atoms with Crippen LogP contribution in [-0.2, 0) is 14.3 Å². The van der Waals surface area contributed by atoms with E-state index < -0.39 is 18.8 Å². The lowest BCUT2D eigenvalue weighted by Gasteiger charge is -2.09. The van der Waals surface area contributed by atoms with Crippen molar-refractivity contribution >= 4 is 5.97 Å². The van der Waals surface area contributed by atoms with Crippen molar-refractivity contribution in [2.24, 2.45) is 0 Å². The molecule has 0 aromatic carbocycles. The van der Waals surface area contributed by atoms with Crippen LogP contribution in [0.3, 0.4) is 0 Å². The van der Waals surface area contributed by atoms with E-state index in [0.29, 0.717) is 20.4 Å². The molecule has 0 aliphatic carbocycles. The van der Waals surface area contributed by atoms with E-state index in [1.54, 1.807) is 0 Å². The molecule has 0 heterocycles. The van der Waals surface area contributed by atoms with Crippen molar-refractivity contribution in [2.45, 2.75) is 39.5 Å². The number of ether oxygens (including phenoxy) is 2. The van der Waals surface area contributed by atoms with Crippen LogP contribution in [0.2, 0.25) is 0 Å². The van der Waals surface area contributed by atoms with Crippen molar-refractivity contribution < 1.29 is 40.6 Å². The second-order valence-corrected chi connectivity index (χ2v) is 3.48. The second kappa shape index (κ2) is 23.0. The second-order valence-electron chi connectivity index (χ2n) is 3.48. The molecule has 0 amide bonds. The van der Waals surface area contributed by atoms with Crippen molar-refractivity contribution in [3.63, 3.8) is 0 Å². The number of halogens is 6. The maximum absolute atomic E-state index is 10.5. The fraction of sp³-hybridized carbons (Fsp3) is 0.786. The molecule has 0 aromatic heterocycles. The standard InChI is InChI=1S/C9H16O3.C2H2F4.C2H5F.CH3F/c1-4-8(3)11-6-7-12-9(10)5-2;3-1-2(4,5)6;1-2-3;1-2/h5,8H,2,4,6-7H2,1,3H3;1H2;2H2,1H3;1H3. The Hall–Kier alpha value is -1.25. The van der Waals surface area contributed by atoms with Gasteiger partial charge in [0.2, 0.25) is 0 Å². The molecule has 23 heavy (non-hydrogen) atoms. The maximum atomic E-state index is 10.5. The van der Waals surface area contributed by atoms with Crippen LogP contribution in [0.25, 0.3) is 0 Å². The molecule has 0 aromatic rings. The van der Waals surface area contributed by atoms with Gasteiger partial charge in [-0.05, 0) is 20.3 Å². The first kappa shape index (κ1) is 29.7. The first-order chi connectivity index (χ1) is 10.7. The third kappa shape index (κ3) is 44.9. The SMILES string of the molecule is C=CC(=O)OCCOC(C)CC.CCF.CF.FCC(F)(F)F. The Morgan fingerprint density at radius 1 is 1.17 bits per heavy atom. The zero-order valence-electron chi connectivity index (χ0n) is 13.9. The topological polar surface area (TPSA) is 35.5 Å². The highest BCUT2D eigenvalue weighted by molar-refractivity contribution is 5.81. The lowest BCUT2D eigenvalue weighted by Crippen LogP contribution is -2.13. The molecule has 0 saturated carbocycles. The van der Waals surface area contributed by atoms with E-state index in [-0.39, 0.29) is 12.8 Å². The van der Waals surface area contributed by atoms with Gasteiger partial charge in [-0.3, -0.25) is 8.78 Å². The first-order valence-electron chi connectivity index (χ1n) is 6.65. The predicted octanol–water partition coefficient (Wildman–Crippen LogP) is 4.61. The molecule has 3 nitrogen and oxygen atoms in total. The number of carbonyl (C=O) groups is 1. The number of hydrogen-bond acceptors (Lipinski definition) is 3. The smallest absolute Gasteiger partial charge is 0.416 e. The molecule has 0 aliphatic heterocycles. The Labute approximate surface area is 133 Å². The largest absolute Gasteiger partial charge is 0.460 e. The molecule has 9 heteroatoms. The summed E-state index contributed by atoms with van der Waals surface area (Å²) in [7, 11) is 0.500. The zero-order valence-corrected chi connectivity index (χ0v) is 13.9. The van der Waals surface area contributed by atoms with Crippen LogP contribution in [0.4, 0.5) is 26.3 Å². The summed E-state index contributed by atoms with van der Waals surface area (Å²) in [6, 6.07) is 0. The van der Waals surface area contributed by atoms with Gasteiger partial charge >= 0.3 is 12.1 Å². The fourth-order valence-electron chi connectivity index (χ4n) is 0.568. The van der Waals surface area contributed by atoms with Crippen molar-refractivity contribution in [2.75, 3.05) is 33.7 Å². The van der Waals surface area contributed by atoms with E-state index in [2.05, 4.69) is 6.58 Å². The first-order valence-corrected chi connectivity index (χ1v) is 6.65. The third-order valence-electron chi connectivity index (χ3n) is 1.62. The van der Waals surface area contributed by atoms with Gasteiger partial charge in [-0.15, -0.1) is 0 Å². The normalized spacial score (nSPS) is 10.5. The van der Waals surface area contributed by atoms with Crippen LogP contribution in [-0.4, -0.2) is 52.0 Å².